The number of ether oxygens (including phenoxy) is 1. The van der Waals surface area contributed by atoms with E-state index in [1.807, 2.05) is 0 Å². The van der Waals surface area contributed by atoms with E-state index in [1.165, 1.54) is 49.9 Å². The number of amides is 2. The second-order valence-corrected chi connectivity index (χ2v) is 7.17. The minimum Gasteiger partial charge on any atom is -0.381 e. The fourth-order valence-electron chi connectivity index (χ4n) is 3.67. The summed E-state index contributed by atoms with van der Waals surface area (Å²) < 4.78 is 5.33. The van der Waals surface area contributed by atoms with E-state index in [9.17, 15) is 4.79 Å². The second-order valence-electron chi connectivity index (χ2n) is 7.17. The van der Waals surface area contributed by atoms with Gasteiger partial charge in [-0.15, -0.1) is 0 Å². The molecule has 0 spiro atoms. The maximum Gasteiger partial charge on any atom is 0.315 e. The summed E-state index contributed by atoms with van der Waals surface area (Å²) in [5.74, 6) is 0. The Labute approximate surface area is 151 Å². The van der Waals surface area contributed by atoms with Crippen LogP contribution in [0, 0.1) is 0 Å². The first-order chi connectivity index (χ1) is 12.3. The molecule has 0 saturated carbocycles. The monoisotopic (exact) mass is 345 g/mol. The van der Waals surface area contributed by atoms with Gasteiger partial charge < -0.3 is 15.4 Å². The molecule has 0 aromatic heterocycles. The smallest absolute Gasteiger partial charge is 0.315 e. The van der Waals surface area contributed by atoms with Gasteiger partial charge in [0.25, 0.3) is 0 Å². The molecule has 2 N–H and O–H groups in total. The highest BCUT2D eigenvalue weighted by atomic mass is 16.5. The molecule has 5 nitrogen and oxygen atoms in total. The first-order valence-electron chi connectivity index (χ1n) is 9.72. The summed E-state index contributed by atoms with van der Waals surface area (Å²) >= 11 is 0. The fourth-order valence-corrected chi connectivity index (χ4v) is 3.67. The Hall–Kier alpha value is -1.59. The first kappa shape index (κ1) is 18.2. The van der Waals surface area contributed by atoms with Crippen molar-refractivity contribution in [3.63, 3.8) is 0 Å². The lowest BCUT2D eigenvalue weighted by molar-refractivity contribution is 0.0800. The molecule has 2 aliphatic heterocycles. The topological polar surface area (TPSA) is 53.6 Å². The average Bonchev–Trinajstić information content (AvgIpc) is 2.90. The van der Waals surface area contributed by atoms with E-state index < -0.39 is 0 Å². The second kappa shape index (κ2) is 9.78. The van der Waals surface area contributed by atoms with Crippen LogP contribution < -0.4 is 10.6 Å². The van der Waals surface area contributed by atoms with Crippen LogP contribution in [0.2, 0.25) is 0 Å². The highest BCUT2D eigenvalue weighted by Crippen LogP contribution is 2.16. The predicted octanol–water partition coefficient (Wildman–Crippen LogP) is 3.04. The van der Waals surface area contributed by atoms with Crippen molar-refractivity contribution in [3.8, 4) is 0 Å². The van der Waals surface area contributed by atoms with Gasteiger partial charge in [0, 0.05) is 32.3 Å². The van der Waals surface area contributed by atoms with Crippen LogP contribution >= 0.6 is 0 Å². The summed E-state index contributed by atoms with van der Waals surface area (Å²) in [4.78, 5) is 14.7. The van der Waals surface area contributed by atoms with Crippen molar-refractivity contribution in [2.24, 2.45) is 0 Å². The van der Waals surface area contributed by atoms with E-state index in [0.717, 1.165) is 32.6 Å². The third-order valence-corrected chi connectivity index (χ3v) is 5.21. The van der Waals surface area contributed by atoms with Crippen LogP contribution in [0.1, 0.15) is 49.7 Å². The van der Waals surface area contributed by atoms with Crippen molar-refractivity contribution in [1.82, 2.24) is 15.5 Å². The maximum absolute atomic E-state index is 12.2. The number of carbonyl (C=O) groups excluding carboxylic acids is 1. The first-order valence-corrected chi connectivity index (χ1v) is 9.72. The number of likely N-dealkylation sites (tertiary alicyclic amines) is 1. The molecule has 1 aromatic rings. The number of urea groups is 1. The molecule has 2 saturated heterocycles. The summed E-state index contributed by atoms with van der Waals surface area (Å²) in [6.07, 6.45) is 7.11. The van der Waals surface area contributed by atoms with Gasteiger partial charge in [0.2, 0.25) is 0 Å². The third kappa shape index (κ3) is 6.01. The number of rotatable bonds is 5. The van der Waals surface area contributed by atoms with Crippen molar-refractivity contribution in [3.05, 3.63) is 35.4 Å². The summed E-state index contributed by atoms with van der Waals surface area (Å²) in [5, 5.41) is 6.08. The van der Waals surface area contributed by atoms with Gasteiger partial charge in [-0.05, 0) is 49.9 Å². The van der Waals surface area contributed by atoms with Crippen molar-refractivity contribution in [1.29, 1.82) is 0 Å². The molecule has 2 fully saturated rings. The molecule has 25 heavy (non-hydrogen) atoms. The SMILES string of the molecule is O=C(NCc1ccccc1CN1CCCCCC1)NC1CCOCC1. The third-order valence-electron chi connectivity index (χ3n) is 5.21. The van der Waals surface area contributed by atoms with Gasteiger partial charge in [-0.3, -0.25) is 4.90 Å². The van der Waals surface area contributed by atoms with E-state index in [4.69, 9.17) is 4.74 Å². The molecular weight excluding hydrogens is 314 g/mol. The summed E-state index contributed by atoms with van der Waals surface area (Å²) in [6, 6.07) is 8.63. The molecule has 0 atom stereocenters. The van der Waals surface area contributed by atoms with Crippen LogP contribution in [0.15, 0.2) is 24.3 Å². The minimum atomic E-state index is -0.0727. The van der Waals surface area contributed by atoms with Crippen molar-refractivity contribution in [2.45, 2.75) is 57.7 Å². The van der Waals surface area contributed by atoms with Crippen LogP contribution in [-0.4, -0.2) is 43.3 Å². The maximum atomic E-state index is 12.2. The van der Waals surface area contributed by atoms with Gasteiger partial charge in [0.15, 0.2) is 0 Å². The van der Waals surface area contributed by atoms with E-state index in [1.54, 1.807) is 0 Å². The Balaban J connectivity index is 1.50. The number of hydrogen-bond acceptors (Lipinski definition) is 3. The number of carbonyl (C=O) groups is 1. The molecule has 2 amide bonds. The van der Waals surface area contributed by atoms with Crippen LogP contribution in [0.5, 0.6) is 0 Å². The van der Waals surface area contributed by atoms with Gasteiger partial charge in [0.05, 0.1) is 0 Å². The molecule has 0 radical (unpaired) electrons. The Morgan fingerprint density at radius 3 is 2.44 bits per heavy atom. The van der Waals surface area contributed by atoms with E-state index in [0.29, 0.717) is 6.54 Å². The molecule has 2 heterocycles. The zero-order chi connectivity index (χ0) is 17.3. The van der Waals surface area contributed by atoms with Crippen molar-refractivity contribution >= 4 is 6.03 Å². The molecule has 2 aliphatic rings. The zero-order valence-corrected chi connectivity index (χ0v) is 15.1. The van der Waals surface area contributed by atoms with Gasteiger partial charge in [-0.1, -0.05) is 37.1 Å². The Bertz CT molecular complexity index is 535. The normalized spacial score (nSPS) is 20.0. The van der Waals surface area contributed by atoms with E-state index in [-0.39, 0.29) is 12.1 Å². The Morgan fingerprint density at radius 2 is 1.72 bits per heavy atom. The average molecular weight is 345 g/mol. The van der Waals surface area contributed by atoms with Crippen LogP contribution in [-0.2, 0) is 17.8 Å². The fraction of sp³-hybridized carbons (Fsp3) is 0.650. The summed E-state index contributed by atoms with van der Waals surface area (Å²) in [7, 11) is 0. The van der Waals surface area contributed by atoms with Gasteiger partial charge in [-0.2, -0.15) is 0 Å². The predicted molar refractivity (Wildman–Crippen MR) is 99.4 cm³/mol. The van der Waals surface area contributed by atoms with Crippen LogP contribution in [0.4, 0.5) is 4.79 Å². The van der Waals surface area contributed by atoms with Crippen LogP contribution in [0.3, 0.4) is 0 Å². The summed E-state index contributed by atoms with van der Waals surface area (Å²) in [5.41, 5.74) is 2.55. The highest BCUT2D eigenvalue weighted by Gasteiger charge is 2.16. The molecule has 0 unspecified atom stereocenters. The zero-order valence-electron chi connectivity index (χ0n) is 15.1. The Kier molecular flexibility index (Phi) is 7.12. The van der Waals surface area contributed by atoms with Crippen molar-refractivity contribution < 1.29 is 9.53 Å². The number of benzene rings is 1. The largest absolute Gasteiger partial charge is 0.381 e. The summed E-state index contributed by atoms with van der Waals surface area (Å²) in [6.45, 7) is 5.42. The molecular formula is C20H31N3O2. The molecule has 3 rings (SSSR count). The molecule has 1 aromatic carbocycles. The molecule has 5 heteroatoms. The standard InChI is InChI=1S/C20H31N3O2/c24-20(22-19-9-13-25-14-10-19)21-15-17-7-3-4-8-18(17)16-23-11-5-1-2-6-12-23/h3-4,7-8,19H,1-2,5-6,9-16H2,(H2,21,22,24). The number of nitrogens with zero attached hydrogens (tertiary/aromatic N) is 1. The lowest BCUT2D eigenvalue weighted by Crippen LogP contribution is -2.44. The lowest BCUT2D eigenvalue weighted by Gasteiger charge is -2.24. The number of nitrogens with one attached hydrogen (secondary N) is 2. The minimum absolute atomic E-state index is 0.0727. The molecule has 0 aliphatic carbocycles. The van der Waals surface area contributed by atoms with Crippen molar-refractivity contribution in [2.75, 3.05) is 26.3 Å². The highest BCUT2D eigenvalue weighted by molar-refractivity contribution is 5.74. The molecule has 0 bridgehead atoms. The molecule has 138 valence electrons. The van der Waals surface area contributed by atoms with E-state index in [2.05, 4.69) is 39.8 Å². The van der Waals surface area contributed by atoms with Gasteiger partial charge >= 0.3 is 6.03 Å². The Morgan fingerprint density at radius 1 is 1.04 bits per heavy atom. The van der Waals surface area contributed by atoms with Gasteiger partial charge in [-0.25, -0.2) is 4.79 Å². The quantitative estimate of drug-likeness (QED) is 0.862. The number of hydrogen-bond donors (Lipinski definition) is 2. The van der Waals surface area contributed by atoms with Crippen LogP contribution in [0.25, 0.3) is 0 Å². The lowest BCUT2D eigenvalue weighted by atomic mass is 10.1. The van der Waals surface area contributed by atoms with Gasteiger partial charge in [0.1, 0.15) is 0 Å². The van der Waals surface area contributed by atoms with E-state index >= 15 is 0 Å².